The minimum atomic E-state index is -0.297. The molecule has 7 heteroatoms. The second-order valence-corrected chi connectivity index (χ2v) is 7.03. The van der Waals surface area contributed by atoms with Gasteiger partial charge in [-0.3, -0.25) is 14.9 Å². The third-order valence-electron chi connectivity index (χ3n) is 4.09. The van der Waals surface area contributed by atoms with E-state index in [1.165, 1.54) is 11.8 Å². The lowest BCUT2D eigenvalue weighted by atomic mass is 10.1. The van der Waals surface area contributed by atoms with Crippen molar-refractivity contribution in [2.45, 2.75) is 18.1 Å². The van der Waals surface area contributed by atoms with Crippen LogP contribution in [0.3, 0.4) is 0 Å². The van der Waals surface area contributed by atoms with Crippen LogP contribution in [0.1, 0.15) is 12.8 Å². The Morgan fingerprint density at radius 2 is 2.30 bits per heavy atom. The molecule has 0 radical (unpaired) electrons. The maximum atomic E-state index is 11.9. The molecule has 0 saturated carbocycles. The van der Waals surface area contributed by atoms with Gasteiger partial charge in [-0.15, -0.1) is 0 Å². The molecule has 27 heavy (non-hydrogen) atoms. The number of rotatable bonds is 10. The van der Waals surface area contributed by atoms with Gasteiger partial charge in [-0.05, 0) is 36.5 Å². The van der Waals surface area contributed by atoms with Crippen molar-refractivity contribution in [1.29, 1.82) is 0 Å². The number of aromatic nitrogens is 1. The maximum absolute atomic E-state index is 11.9. The SMILES string of the molecule is CSC(CC1=CC=C(OCCN(C)c2ccccn2)CC=C1)C(=O)NC=O. The standard InChI is InChI=1S/C20H25N3O3S/c1-23(19-8-3-4-11-21-19)12-13-26-17-7-5-6-16(9-10-17)14-18(27-2)20(25)22-15-24/h3-6,8-11,15,18H,7,12-14H2,1-2H3,(H,22,24,25). The molecule has 0 bridgehead atoms. The van der Waals surface area contributed by atoms with E-state index in [1.54, 1.807) is 6.20 Å². The highest BCUT2D eigenvalue weighted by atomic mass is 32.2. The number of ether oxygens (including phenoxy) is 1. The quantitative estimate of drug-likeness (QED) is 0.623. The molecule has 1 aromatic heterocycles. The predicted molar refractivity (Wildman–Crippen MR) is 110 cm³/mol. The van der Waals surface area contributed by atoms with Gasteiger partial charge >= 0.3 is 0 Å². The first kappa shape index (κ1) is 20.8. The number of imide groups is 1. The van der Waals surface area contributed by atoms with Crippen molar-refractivity contribution in [3.63, 3.8) is 0 Å². The number of amides is 2. The van der Waals surface area contributed by atoms with E-state index in [2.05, 4.69) is 10.3 Å². The number of likely N-dealkylation sites (N-methyl/N-ethyl adjacent to an activating group) is 1. The third-order valence-corrected chi connectivity index (χ3v) is 5.04. The summed E-state index contributed by atoms with van der Waals surface area (Å²) in [6.07, 6.45) is 13.3. The molecule has 0 fully saturated rings. The second-order valence-electron chi connectivity index (χ2n) is 5.99. The number of anilines is 1. The van der Waals surface area contributed by atoms with E-state index >= 15 is 0 Å². The van der Waals surface area contributed by atoms with Crippen LogP contribution in [0.5, 0.6) is 0 Å². The summed E-state index contributed by atoms with van der Waals surface area (Å²) in [5.41, 5.74) is 1.03. The normalized spacial score (nSPS) is 14.4. The van der Waals surface area contributed by atoms with Gasteiger partial charge in [-0.1, -0.05) is 24.3 Å². The first-order chi connectivity index (χ1) is 13.1. The third kappa shape index (κ3) is 6.94. The summed E-state index contributed by atoms with van der Waals surface area (Å²) >= 11 is 1.43. The molecule has 2 amide bonds. The summed E-state index contributed by atoms with van der Waals surface area (Å²) < 4.78 is 5.89. The summed E-state index contributed by atoms with van der Waals surface area (Å²) in [6.45, 7) is 1.29. The zero-order valence-electron chi connectivity index (χ0n) is 15.6. The summed E-state index contributed by atoms with van der Waals surface area (Å²) in [5, 5.41) is 1.92. The Bertz CT molecular complexity index is 716. The molecule has 0 saturated heterocycles. The van der Waals surface area contributed by atoms with Crippen LogP contribution in [-0.4, -0.2) is 49.0 Å². The number of hydrogen-bond donors (Lipinski definition) is 1. The van der Waals surface area contributed by atoms with Gasteiger partial charge in [0.15, 0.2) is 0 Å². The van der Waals surface area contributed by atoms with Crippen molar-refractivity contribution < 1.29 is 14.3 Å². The number of carbonyl (C=O) groups is 2. The van der Waals surface area contributed by atoms with Gasteiger partial charge in [-0.25, -0.2) is 4.98 Å². The fourth-order valence-corrected chi connectivity index (χ4v) is 3.19. The molecule has 1 atom stereocenters. The van der Waals surface area contributed by atoms with E-state index in [0.717, 1.165) is 23.7 Å². The lowest BCUT2D eigenvalue weighted by Crippen LogP contribution is -2.31. The highest BCUT2D eigenvalue weighted by Crippen LogP contribution is 2.21. The molecule has 0 aliphatic heterocycles. The van der Waals surface area contributed by atoms with Crippen LogP contribution in [0.4, 0.5) is 5.82 Å². The number of pyridine rings is 1. The number of thioether (sulfide) groups is 1. The molecular weight excluding hydrogens is 362 g/mol. The van der Waals surface area contributed by atoms with Crippen LogP contribution < -0.4 is 10.2 Å². The lowest BCUT2D eigenvalue weighted by molar-refractivity contribution is -0.124. The average molecular weight is 388 g/mol. The number of allylic oxidation sites excluding steroid dienone is 5. The van der Waals surface area contributed by atoms with Crippen LogP contribution in [0.25, 0.3) is 0 Å². The lowest BCUT2D eigenvalue weighted by Gasteiger charge is -2.18. The van der Waals surface area contributed by atoms with E-state index in [-0.39, 0.29) is 11.2 Å². The van der Waals surface area contributed by atoms with Crippen LogP contribution in [0.15, 0.2) is 60.0 Å². The highest BCUT2D eigenvalue weighted by Gasteiger charge is 2.18. The first-order valence-electron chi connectivity index (χ1n) is 8.72. The average Bonchev–Trinajstić information content (AvgIpc) is 2.92. The molecule has 1 aliphatic carbocycles. The Hall–Kier alpha value is -2.54. The van der Waals surface area contributed by atoms with Crippen molar-refractivity contribution in [3.8, 4) is 0 Å². The first-order valence-corrected chi connectivity index (χ1v) is 10.0. The van der Waals surface area contributed by atoms with Crippen molar-refractivity contribution in [3.05, 3.63) is 60.0 Å². The summed E-state index contributed by atoms with van der Waals surface area (Å²) in [7, 11) is 1.98. The predicted octanol–water partition coefficient (Wildman–Crippen LogP) is 2.70. The van der Waals surface area contributed by atoms with Crippen LogP contribution in [0, 0.1) is 0 Å². The molecular formula is C20H25N3O3S. The van der Waals surface area contributed by atoms with E-state index in [1.807, 2.05) is 60.7 Å². The monoisotopic (exact) mass is 387 g/mol. The fourth-order valence-electron chi connectivity index (χ4n) is 2.55. The van der Waals surface area contributed by atoms with Crippen molar-refractivity contribution >= 4 is 29.9 Å². The second kappa shape index (κ2) is 11.2. The van der Waals surface area contributed by atoms with Gasteiger partial charge in [0.05, 0.1) is 17.6 Å². The van der Waals surface area contributed by atoms with Crippen molar-refractivity contribution in [2.24, 2.45) is 0 Å². The molecule has 1 N–H and O–H groups in total. The number of hydrogen-bond acceptors (Lipinski definition) is 6. The number of nitrogens with zero attached hydrogens (tertiary/aromatic N) is 2. The zero-order valence-corrected chi connectivity index (χ0v) is 16.4. The minimum absolute atomic E-state index is 0.269. The van der Waals surface area contributed by atoms with Crippen LogP contribution >= 0.6 is 11.8 Å². The molecule has 0 spiro atoms. The maximum Gasteiger partial charge on any atom is 0.239 e. The van der Waals surface area contributed by atoms with E-state index < -0.39 is 0 Å². The van der Waals surface area contributed by atoms with Crippen LogP contribution in [0.2, 0.25) is 0 Å². The summed E-state index contributed by atoms with van der Waals surface area (Å²) in [5.74, 6) is 1.53. The molecule has 1 unspecified atom stereocenters. The fraction of sp³-hybridized carbons (Fsp3) is 0.350. The molecule has 1 heterocycles. The highest BCUT2D eigenvalue weighted by molar-refractivity contribution is 7.99. The Morgan fingerprint density at radius 1 is 1.44 bits per heavy atom. The van der Waals surface area contributed by atoms with E-state index in [4.69, 9.17) is 4.74 Å². The van der Waals surface area contributed by atoms with Gasteiger partial charge in [0, 0.05) is 19.7 Å². The number of nitrogens with one attached hydrogen (secondary N) is 1. The topological polar surface area (TPSA) is 71.5 Å². The summed E-state index contributed by atoms with van der Waals surface area (Å²) in [6, 6.07) is 5.82. The molecule has 2 rings (SSSR count). The Kier molecular flexibility index (Phi) is 8.64. The number of carbonyl (C=O) groups excluding carboxylic acids is 2. The van der Waals surface area contributed by atoms with Crippen LogP contribution in [-0.2, 0) is 14.3 Å². The van der Waals surface area contributed by atoms with Crippen molar-refractivity contribution in [1.82, 2.24) is 10.3 Å². The Morgan fingerprint density at radius 3 is 3.00 bits per heavy atom. The Balaban J connectivity index is 1.86. The Labute approximate surface area is 164 Å². The van der Waals surface area contributed by atoms with Gasteiger partial charge in [0.2, 0.25) is 12.3 Å². The van der Waals surface area contributed by atoms with E-state index in [0.29, 0.717) is 25.9 Å². The molecule has 6 nitrogen and oxygen atoms in total. The van der Waals surface area contributed by atoms with Gasteiger partial charge in [-0.2, -0.15) is 11.8 Å². The van der Waals surface area contributed by atoms with Gasteiger partial charge in [0.25, 0.3) is 0 Å². The molecule has 0 aromatic carbocycles. The van der Waals surface area contributed by atoms with Gasteiger partial charge in [0.1, 0.15) is 12.4 Å². The largest absolute Gasteiger partial charge is 0.496 e. The smallest absolute Gasteiger partial charge is 0.239 e. The van der Waals surface area contributed by atoms with E-state index in [9.17, 15) is 9.59 Å². The molecule has 1 aromatic rings. The summed E-state index contributed by atoms with van der Waals surface area (Å²) in [4.78, 5) is 28.7. The zero-order chi connectivity index (χ0) is 19.5. The molecule has 144 valence electrons. The molecule has 1 aliphatic rings. The van der Waals surface area contributed by atoms with Gasteiger partial charge < -0.3 is 9.64 Å². The van der Waals surface area contributed by atoms with Crippen molar-refractivity contribution in [2.75, 3.05) is 31.4 Å². The minimum Gasteiger partial charge on any atom is -0.496 e.